The van der Waals surface area contributed by atoms with Crippen LogP contribution >= 0.6 is 0 Å². The summed E-state index contributed by atoms with van der Waals surface area (Å²) in [6, 6.07) is 0. The summed E-state index contributed by atoms with van der Waals surface area (Å²) in [6.07, 6.45) is -2.84. The lowest BCUT2D eigenvalue weighted by atomic mass is 10.1. The average molecular weight is 149 g/mol. The molecule has 0 amide bonds. The van der Waals surface area contributed by atoms with E-state index < -0.39 is 24.6 Å². The van der Waals surface area contributed by atoms with Crippen molar-refractivity contribution in [3.63, 3.8) is 0 Å². The topological polar surface area (TPSA) is 104 Å². The first-order chi connectivity index (χ1) is 4.63. The predicted octanol–water partition coefficient (Wildman–Crippen LogP) is -2.77. The summed E-state index contributed by atoms with van der Waals surface area (Å²) in [5, 5.41) is 25.7. The van der Waals surface area contributed by atoms with Crippen molar-refractivity contribution >= 4 is 5.78 Å². The van der Waals surface area contributed by atoms with Crippen molar-refractivity contribution in [1.29, 1.82) is 0 Å². The zero-order chi connectivity index (χ0) is 8.15. The second kappa shape index (κ2) is 4.35. The van der Waals surface area contributed by atoms with E-state index in [1.807, 2.05) is 0 Å². The highest BCUT2D eigenvalue weighted by Gasteiger charge is 2.21. The van der Waals surface area contributed by atoms with Crippen molar-refractivity contribution in [1.82, 2.24) is 0 Å². The third-order valence-corrected chi connectivity index (χ3v) is 1.09. The van der Waals surface area contributed by atoms with Gasteiger partial charge in [-0.05, 0) is 0 Å². The summed E-state index contributed by atoms with van der Waals surface area (Å²) in [7, 11) is 0. The Labute approximate surface area is 58.1 Å². The van der Waals surface area contributed by atoms with Crippen LogP contribution in [0.2, 0.25) is 0 Å². The third-order valence-electron chi connectivity index (χ3n) is 1.09. The lowest BCUT2D eigenvalue weighted by molar-refractivity contribution is -0.135. The summed E-state index contributed by atoms with van der Waals surface area (Å²) < 4.78 is 0. The van der Waals surface area contributed by atoms with E-state index in [1.165, 1.54) is 0 Å². The summed E-state index contributed by atoms with van der Waals surface area (Å²) in [4.78, 5) is 10.4. The van der Waals surface area contributed by atoms with Crippen LogP contribution in [0.1, 0.15) is 0 Å². The summed E-state index contributed by atoms with van der Waals surface area (Å²) in [5.41, 5.74) is 4.92. The minimum absolute atomic E-state index is 0.201. The monoisotopic (exact) mass is 149 g/mol. The molecule has 0 aliphatic heterocycles. The number of rotatable bonds is 4. The molecule has 5 nitrogen and oxygen atoms in total. The molecule has 10 heavy (non-hydrogen) atoms. The maximum absolute atomic E-state index is 10.4. The molecule has 0 bridgehead atoms. The number of ketones is 1. The molecule has 0 saturated heterocycles. The second-order valence-corrected chi connectivity index (χ2v) is 1.87. The predicted molar refractivity (Wildman–Crippen MR) is 33.2 cm³/mol. The Hall–Kier alpha value is -0.490. The van der Waals surface area contributed by atoms with Gasteiger partial charge in [0, 0.05) is 6.54 Å². The molecule has 0 rings (SSSR count). The smallest absolute Gasteiger partial charge is 0.189 e. The fourth-order valence-corrected chi connectivity index (χ4v) is 0.437. The zero-order valence-corrected chi connectivity index (χ0v) is 5.40. The molecule has 0 aromatic rings. The molecule has 0 aliphatic carbocycles. The molecule has 0 radical (unpaired) electrons. The van der Waals surface area contributed by atoms with E-state index in [1.54, 1.807) is 0 Å². The molecule has 0 aromatic carbocycles. The van der Waals surface area contributed by atoms with E-state index in [9.17, 15) is 4.79 Å². The lowest BCUT2D eigenvalue weighted by Crippen LogP contribution is -2.40. The van der Waals surface area contributed by atoms with Gasteiger partial charge in [0.05, 0.1) is 6.10 Å². The van der Waals surface area contributed by atoms with Gasteiger partial charge in [0.15, 0.2) is 5.78 Å². The molecule has 5 heteroatoms. The van der Waals surface area contributed by atoms with Gasteiger partial charge in [-0.3, -0.25) is 4.79 Å². The van der Waals surface area contributed by atoms with Gasteiger partial charge < -0.3 is 21.1 Å². The summed E-state index contributed by atoms with van der Waals surface area (Å²) in [5.74, 6) is -0.821. The van der Waals surface area contributed by atoms with E-state index in [4.69, 9.17) is 21.1 Å². The van der Waals surface area contributed by atoms with Gasteiger partial charge in [0.2, 0.25) is 0 Å². The van der Waals surface area contributed by atoms with Crippen LogP contribution in [-0.2, 0) is 4.79 Å². The van der Waals surface area contributed by atoms with Gasteiger partial charge in [0.25, 0.3) is 0 Å². The highest BCUT2D eigenvalue weighted by Crippen LogP contribution is 1.91. The Kier molecular flexibility index (Phi) is 4.13. The maximum atomic E-state index is 10.4. The number of hydrogen-bond donors (Lipinski definition) is 4. The van der Waals surface area contributed by atoms with Gasteiger partial charge in [0.1, 0.15) is 12.7 Å². The van der Waals surface area contributed by atoms with E-state index in [0.717, 1.165) is 0 Å². The first-order valence-corrected chi connectivity index (χ1v) is 2.83. The van der Waals surface area contributed by atoms with Crippen molar-refractivity contribution in [3.8, 4) is 0 Å². The minimum Gasteiger partial charge on any atom is -0.389 e. The molecule has 0 saturated carbocycles. The number of Topliss-reactive ketones (excluding diaryl/α,β-unsaturated/α-hetero) is 1. The molecular formula is C5H11NO4. The minimum atomic E-state index is -1.56. The molecular weight excluding hydrogens is 138 g/mol. The molecule has 0 heterocycles. The Morgan fingerprint density at radius 3 is 2.30 bits per heavy atom. The Morgan fingerprint density at radius 1 is 1.50 bits per heavy atom. The third kappa shape index (κ3) is 2.40. The number of hydrogen-bond acceptors (Lipinski definition) is 5. The SMILES string of the molecule is NC[C@@H](O)[C@H](O)C(=O)CO. The molecule has 0 unspecified atom stereocenters. The lowest BCUT2D eigenvalue weighted by Gasteiger charge is -2.12. The van der Waals surface area contributed by atoms with Gasteiger partial charge in [-0.15, -0.1) is 0 Å². The Balaban J connectivity index is 3.81. The molecule has 0 fully saturated rings. The van der Waals surface area contributed by atoms with E-state index in [-0.39, 0.29) is 6.54 Å². The van der Waals surface area contributed by atoms with Crippen LogP contribution in [-0.4, -0.2) is 46.5 Å². The zero-order valence-electron chi connectivity index (χ0n) is 5.40. The van der Waals surface area contributed by atoms with E-state index >= 15 is 0 Å². The molecule has 0 aromatic heterocycles. The van der Waals surface area contributed by atoms with Crippen molar-refractivity contribution < 1.29 is 20.1 Å². The highest BCUT2D eigenvalue weighted by molar-refractivity contribution is 5.84. The number of carbonyl (C=O) groups is 1. The first kappa shape index (κ1) is 9.51. The van der Waals surface area contributed by atoms with E-state index in [2.05, 4.69) is 0 Å². The Morgan fingerprint density at radius 2 is 2.00 bits per heavy atom. The van der Waals surface area contributed by atoms with Crippen molar-refractivity contribution in [3.05, 3.63) is 0 Å². The number of aliphatic hydroxyl groups is 3. The van der Waals surface area contributed by atoms with E-state index in [0.29, 0.717) is 0 Å². The van der Waals surface area contributed by atoms with Crippen molar-refractivity contribution in [2.24, 2.45) is 5.73 Å². The normalized spacial score (nSPS) is 16.4. The van der Waals surface area contributed by atoms with Crippen LogP contribution in [0, 0.1) is 0 Å². The number of carbonyl (C=O) groups excluding carboxylic acids is 1. The fourth-order valence-electron chi connectivity index (χ4n) is 0.437. The van der Waals surface area contributed by atoms with Gasteiger partial charge >= 0.3 is 0 Å². The van der Waals surface area contributed by atoms with Crippen LogP contribution in [0.4, 0.5) is 0 Å². The van der Waals surface area contributed by atoms with Gasteiger partial charge in [-0.2, -0.15) is 0 Å². The Bertz CT molecular complexity index is 116. The fraction of sp³-hybridized carbons (Fsp3) is 0.800. The molecule has 2 atom stereocenters. The van der Waals surface area contributed by atoms with Crippen LogP contribution < -0.4 is 5.73 Å². The van der Waals surface area contributed by atoms with Crippen LogP contribution in [0.3, 0.4) is 0 Å². The van der Waals surface area contributed by atoms with Crippen molar-refractivity contribution in [2.75, 3.05) is 13.2 Å². The summed E-state index contributed by atoms with van der Waals surface area (Å²) >= 11 is 0. The average Bonchev–Trinajstić information content (AvgIpc) is 2.00. The highest BCUT2D eigenvalue weighted by atomic mass is 16.3. The van der Waals surface area contributed by atoms with Crippen LogP contribution in [0.5, 0.6) is 0 Å². The van der Waals surface area contributed by atoms with Crippen LogP contribution in [0.25, 0.3) is 0 Å². The van der Waals surface area contributed by atoms with Crippen molar-refractivity contribution in [2.45, 2.75) is 12.2 Å². The number of aliphatic hydroxyl groups excluding tert-OH is 3. The van der Waals surface area contributed by atoms with Gasteiger partial charge in [-0.25, -0.2) is 0 Å². The molecule has 0 aliphatic rings. The second-order valence-electron chi connectivity index (χ2n) is 1.87. The molecule has 5 N–H and O–H groups in total. The molecule has 0 spiro atoms. The quantitative estimate of drug-likeness (QED) is 0.346. The van der Waals surface area contributed by atoms with Crippen LogP contribution in [0.15, 0.2) is 0 Å². The van der Waals surface area contributed by atoms with Gasteiger partial charge in [-0.1, -0.05) is 0 Å². The maximum Gasteiger partial charge on any atom is 0.189 e. The first-order valence-electron chi connectivity index (χ1n) is 2.83. The largest absolute Gasteiger partial charge is 0.389 e. The summed E-state index contributed by atoms with van der Waals surface area (Å²) in [6.45, 7) is -0.981. The standard InChI is InChI=1S/C5H11NO4/c6-1-3(8)5(10)4(9)2-7/h3,5,7-8,10H,1-2,6H2/t3-,5+/m1/s1. The number of nitrogens with two attached hydrogens (primary N) is 1. The molecule has 60 valence electrons.